The average molecular weight is 172 g/mol. The van der Waals surface area contributed by atoms with Crippen molar-refractivity contribution in [2.75, 3.05) is 13.2 Å². The van der Waals surface area contributed by atoms with E-state index in [4.69, 9.17) is 10.8 Å². The van der Waals surface area contributed by atoms with E-state index in [0.717, 1.165) is 18.9 Å². The highest BCUT2D eigenvalue weighted by Gasteiger charge is 2.30. The maximum Gasteiger partial charge on any atom is 0.0445 e. The molecular formula is C9H20N2O. The second kappa shape index (κ2) is 4.80. The molecule has 1 rings (SSSR count). The van der Waals surface area contributed by atoms with Crippen molar-refractivity contribution in [2.24, 2.45) is 11.7 Å². The number of hydrogen-bond acceptors (Lipinski definition) is 3. The molecule has 0 spiro atoms. The normalized spacial score (nSPS) is 22.2. The molecule has 0 saturated heterocycles. The van der Waals surface area contributed by atoms with E-state index in [1.54, 1.807) is 0 Å². The van der Waals surface area contributed by atoms with Crippen molar-refractivity contribution in [3.05, 3.63) is 0 Å². The fourth-order valence-electron chi connectivity index (χ4n) is 1.54. The van der Waals surface area contributed by atoms with Crippen LogP contribution >= 0.6 is 0 Å². The van der Waals surface area contributed by atoms with Crippen molar-refractivity contribution >= 4 is 0 Å². The van der Waals surface area contributed by atoms with Crippen molar-refractivity contribution in [1.82, 2.24) is 5.32 Å². The van der Waals surface area contributed by atoms with Gasteiger partial charge in [-0.1, -0.05) is 0 Å². The summed E-state index contributed by atoms with van der Waals surface area (Å²) in [6.07, 6.45) is 3.46. The Hall–Kier alpha value is -0.120. The minimum absolute atomic E-state index is 0.260. The maximum absolute atomic E-state index is 8.71. The predicted molar refractivity (Wildman–Crippen MR) is 49.9 cm³/mol. The fraction of sp³-hybridized carbons (Fsp3) is 1.00. The first-order valence-corrected chi connectivity index (χ1v) is 4.85. The number of hydrogen-bond donors (Lipinski definition) is 3. The lowest BCUT2D eigenvalue weighted by molar-refractivity contribution is 0.260. The summed E-state index contributed by atoms with van der Waals surface area (Å²) >= 11 is 0. The summed E-state index contributed by atoms with van der Waals surface area (Å²) in [6.45, 7) is 3.08. The first-order chi connectivity index (χ1) is 5.77. The van der Waals surface area contributed by atoms with E-state index in [2.05, 4.69) is 12.2 Å². The van der Waals surface area contributed by atoms with E-state index < -0.39 is 0 Å². The van der Waals surface area contributed by atoms with E-state index in [1.165, 1.54) is 12.8 Å². The third-order valence-corrected chi connectivity index (χ3v) is 2.51. The molecule has 0 radical (unpaired) electrons. The van der Waals surface area contributed by atoms with Gasteiger partial charge in [0, 0.05) is 25.2 Å². The summed E-state index contributed by atoms with van der Waals surface area (Å²) in [5, 5.41) is 12.1. The van der Waals surface area contributed by atoms with Gasteiger partial charge in [0.15, 0.2) is 0 Å². The molecule has 0 amide bonds. The van der Waals surface area contributed by atoms with Crippen LogP contribution in [0.4, 0.5) is 0 Å². The highest BCUT2D eigenvalue weighted by atomic mass is 16.3. The largest absolute Gasteiger partial charge is 0.396 e. The van der Waals surface area contributed by atoms with E-state index in [1.807, 2.05) is 0 Å². The van der Waals surface area contributed by atoms with E-state index in [9.17, 15) is 0 Å². The summed E-state index contributed by atoms with van der Waals surface area (Å²) in [5.41, 5.74) is 5.63. The molecule has 3 nitrogen and oxygen atoms in total. The Morgan fingerprint density at radius 3 is 2.67 bits per heavy atom. The Balaban J connectivity index is 2.16. The minimum atomic E-state index is 0.260. The van der Waals surface area contributed by atoms with Crippen molar-refractivity contribution in [2.45, 2.75) is 38.3 Å². The zero-order valence-electron chi connectivity index (χ0n) is 7.79. The Labute approximate surface area is 74.3 Å². The highest BCUT2D eigenvalue weighted by Crippen LogP contribution is 2.32. The van der Waals surface area contributed by atoms with Gasteiger partial charge >= 0.3 is 0 Å². The van der Waals surface area contributed by atoms with Crippen molar-refractivity contribution < 1.29 is 5.11 Å². The van der Waals surface area contributed by atoms with Gasteiger partial charge in [-0.2, -0.15) is 0 Å². The topological polar surface area (TPSA) is 58.3 Å². The van der Waals surface area contributed by atoms with Crippen LogP contribution in [0.5, 0.6) is 0 Å². The standard InChI is InChI=1S/C9H20N2O/c1-7(4-5-12)11-9(6-10)8-2-3-8/h7-9,11-12H,2-6,10H2,1H3. The van der Waals surface area contributed by atoms with E-state index >= 15 is 0 Å². The van der Waals surface area contributed by atoms with Crippen LogP contribution in [0.25, 0.3) is 0 Å². The van der Waals surface area contributed by atoms with Gasteiger partial charge in [0.05, 0.1) is 0 Å². The molecule has 2 unspecified atom stereocenters. The Kier molecular flexibility index (Phi) is 3.98. The summed E-state index contributed by atoms with van der Waals surface area (Å²) in [5.74, 6) is 0.802. The Morgan fingerprint density at radius 1 is 1.58 bits per heavy atom. The maximum atomic E-state index is 8.71. The smallest absolute Gasteiger partial charge is 0.0445 e. The SMILES string of the molecule is CC(CCO)NC(CN)C1CC1. The van der Waals surface area contributed by atoms with E-state index in [0.29, 0.717) is 12.1 Å². The zero-order valence-corrected chi connectivity index (χ0v) is 7.79. The molecular weight excluding hydrogens is 152 g/mol. The Bertz CT molecular complexity index is 126. The fourth-order valence-corrected chi connectivity index (χ4v) is 1.54. The molecule has 0 aromatic carbocycles. The van der Waals surface area contributed by atoms with Gasteiger partial charge in [0.2, 0.25) is 0 Å². The lowest BCUT2D eigenvalue weighted by Gasteiger charge is -2.21. The van der Waals surface area contributed by atoms with Gasteiger partial charge in [-0.3, -0.25) is 0 Å². The molecule has 3 heteroatoms. The lowest BCUT2D eigenvalue weighted by atomic mass is 10.1. The molecule has 2 atom stereocenters. The molecule has 1 aliphatic carbocycles. The molecule has 72 valence electrons. The van der Waals surface area contributed by atoms with Crippen molar-refractivity contribution in [3.8, 4) is 0 Å². The number of rotatable bonds is 6. The zero-order chi connectivity index (χ0) is 8.97. The van der Waals surface area contributed by atoms with Crippen LogP contribution in [0, 0.1) is 5.92 Å². The van der Waals surface area contributed by atoms with Crippen LogP contribution in [0.15, 0.2) is 0 Å². The number of aliphatic hydroxyl groups excluding tert-OH is 1. The molecule has 4 N–H and O–H groups in total. The van der Waals surface area contributed by atoms with Gasteiger partial charge < -0.3 is 16.2 Å². The summed E-state index contributed by atoms with van der Waals surface area (Å²) < 4.78 is 0. The van der Waals surface area contributed by atoms with Crippen LogP contribution in [0.1, 0.15) is 26.2 Å². The van der Waals surface area contributed by atoms with Crippen LogP contribution in [-0.2, 0) is 0 Å². The molecule has 1 saturated carbocycles. The minimum Gasteiger partial charge on any atom is -0.396 e. The van der Waals surface area contributed by atoms with Gasteiger partial charge in [-0.25, -0.2) is 0 Å². The predicted octanol–water partition coefficient (Wildman–Crippen LogP) is 0.0842. The van der Waals surface area contributed by atoms with Crippen LogP contribution in [0.2, 0.25) is 0 Å². The van der Waals surface area contributed by atoms with Crippen molar-refractivity contribution in [1.29, 1.82) is 0 Å². The van der Waals surface area contributed by atoms with Crippen LogP contribution < -0.4 is 11.1 Å². The molecule has 1 fully saturated rings. The summed E-state index contributed by atoms with van der Waals surface area (Å²) in [4.78, 5) is 0. The average Bonchev–Trinajstić information content (AvgIpc) is 2.83. The molecule has 0 aliphatic heterocycles. The first kappa shape index (κ1) is 9.96. The summed E-state index contributed by atoms with van der Waals surface area (Å²) in [6, 6.07) is 0.871. The summed E-state index contributed by atoms with van der Waals surface area (Å²) in [7, 11) is 0. The van der Waals surface area contributed by atoms with Gasteiger partial charge in [-0.05, 0) is 32.1 Å². The first-order valence-electron chi connectivity index (χ1n) is 4.85. The van der Waals surface area contributed by atoms with Gasteiger partial charge in [0.25, 0.3) is 0 Å². The third kappa shape index (κ3) is 3.09. The van der Waals surface area contributed by atoms with Crippen LogP contribution in [0.3, 0.4) is 0 Å². The lowest BCUT2D eigenvalue weighted by Crippen LogP contribution is -2.43. The number of nitrogens with two attached hydrogens (primary N) is 1. The third-order valence-electron chi connectivity index (χ3n) is 2.51. The number of nitrogens with one attached hydrogen (secondary N) is 1. The second-order valence-electron chi connectivity index (χ2n) is 3.76. The molecule has 0 heterocycles. The van der Waals surface area contributed by atoms with E-state index in [-0.39, 0.29) is 6.61 Å². The monoisotopic (exact) mass is 172 g/mol. The van der Waals surface area contributed by atoms with Crippen LogP contribution in [-0.4, -0.2) is 30.3 Å². The molecule has 0 aromatic rings. The van der Waals surface area contributed by atoms with Gasteiger partial charge in [0.1, 0.15) is 0 Å². The number of aliphatic hydroxyl groups is 1. The molecule has 0 bridgehead atoms. The highest BCUT2D eigenvalue weighted by molar-refractivity contribution is 4.88. The van der Waals surface area contributed by atoms with Crippen molar-refractivity contribution in [3.63, 3.8) is 0 Å². The molecule has 0 aromatic heterocycles. The Morgan fingerprint density at radius 2 is 2.25 bits per heavy atom. The quantitative estimate of drug-likeness (QED) is 0.532. The molecule has 12 heavy (non-hydrogen) atoms. The van der Waals surface area contributed by atoms with Gasteiger partial charge in [-0.15, -0.1) is 0 Å². The molecule has 1 aliphatic rings. The second-order valence-corrected chi connectivity index (χ2v) is 3.76.